The van der Waals surface area contributed by atoms with E-state index in [2.05, 4.69) is 20.0 Å². The highest BCUT2D eigenvalue weighted by molar-refractivity contribution is 7.92. The van der Waals surface area contributed by atoms with Crippen LogP contribution in [0.4, 0.5) is 5.69 Å². The summed E-state index contributed by atoms with van der Waals surface area (Å²) >= 11 is 5.94. The number of aromatic amines is 2. The van der Waals surface area contributed by atoms with Crippen molar-refractivity contribution in [3.05, 3.63) is 92.9 Å². The molecular weight excluding hydrogens is 464 g/mol. The van der Waals surface area contributed by atoms with Gasteiger partial charge in [-0.05, 0) is 67.4 Å². The molecule has 10 heteroatoms. The molecule has 3 aromatic carbocycles. The Morgan fingerprint density at radius 1 is 1.00 bits per heavy atom. The Balaban J connectivity index is 1.56. The van der Waals surface area contributed by atoms with Crippen molar-refractivity contribution in [3.8, 4) is 0 Å². The zero-order valence-electron chi connectivity index (χ0n) is 17.8. The molecule has 0 aliphatic heterocycles. The summed E-state index contributed by atoms with van der Waals surface area (Å²) in [6, 6.07) is 15.8. The number of anilines is 1. The fourth-order valence-corrected chi connectivity index (χ4v) is 4.99. The Morgan fingerprint density at radius 3 is 2.52 bits per heavy atom. The number of nitrogens with one attached hydrogen (secondary N) is 4. The highest BCUT2D eigenvalue weighted by Gasteiger charge is 2.20. The maximum Gasteiger partial charge on any atom is 0.323 e. The molecule has 0 saturated heterocycles. The molecule has 0 aliphatic rings. The summed E-state index contributed by atoms with van der Waals surface area (Å²) in [5.74, 6) is -0.427. The maximum atomic E-state index is 13.0. The van der Waals surface area contributed by atoms with Gasteiger partial charge in [-0.15, -0.1) is 0 Å². The minimum absolute atomic E-state index is 0.00547. The molecule has 4 rings (SSSR count). The third-order valence-electron chi connectivity index (χ3n) is 5.20. The number of amides is 1. The van der Waals surface area contributed by atoms with Gasteiger partial charge in [-0.1, -0.05) is 29.8 Å². The highest BCUT2D eigenvalue weighted by atomic mass is 35.5. The lowest BCUT2D eigenvalue weighted by atomic mass is 10.1. The molecule has 1 aromatic heterocycles. The summed E-state index contributed by atoms with van der Waals surface area (Å²) in [6.07, 6.45) is 0. The Morgan fingerprint density at radius 2 is 1.76 bits per heavy atom. The van der Waals surface area contributed by atoms with Crippen molar-refractivity contribution in [1.29, 1.82) is 0 Å². The zero-order chi connectivity index (χ0) is 23.8. The van der Waals surface area contributed by atoms with Crippen LogP contribution in [0.15, 0.2) is 70.4 Å². The molecule has 170 valence electrons. The number of hydrogen-bond donors (Lipinski definition) is 4. The normalized spacial score (nSPS) is 12.5. The van der Waals surface area contributed by atoms with E-state index >= 15 is 0 Å². The summed E-state index contributed by atoms with van der Waals surface area (Å²) in [6.45, 7) is 3.46. The molecule has 0 bridgehead atoms. The number of H-pyrrole nitrogens is 2. The van der Waals surface area contributed by atoms with Crippen molar-refractivity contribution in [2.45, 2.75) is 24.8 Å². The minimum atomic E-state index is -3.95. The number of carbonyl (C=O) groups is 1. The predicted molar refractivity (Wildman–Crippen MR) is 128 cm³/mol. The molecule has 1 atom stereocenters. The number of fused-ring (bicyclic) bond motifs is 1. The van der Waals surface area contributed by atoms with Crippen molar-refractivity contribution in [2.24, 2.45) is 0 Å². The first-order chi connectivity index (χ1) is 15.6. The average Bonchev–Trinajstić information content (AvgIpc) is 3.12. The van der Waals surface area contributed by atoms with Gasteiger partial charge in [0.15, 0.2) is 0 Å². The zero-order valence-corrected chi connectivity index (χ0v) is 19.3. The Kier molecular flexibility index (Phi) is 6.01. The van der Waals surface area contributed by atoms with Crippen molar-refractivity contribution in [1.82, 2.24) is 15.3 Å². The third-order valence-corrected chi connectivity index (χ3v) is 6.96. The number of sulfonamides is 1. The molecule has 4 N–H and O–H groups in total. The van der Waals surface area contributed by atoms with Crippen molar-refractivity contribution in [2.75, 3.05) is 4.72 Å². The summed E-state index contributed by atoms with van der Waals surface area (Å²) in [4.78, 5) is 29.7. The van der Waals surface area contributed by atoms with E-state index in [1.54, 1.807) is 62.4 Å². The van der Waals surface area contributed by atoms with Crippen molar-refractivity contribution < 1.29 is 13.2 Å². The first-order valence-electron chi connectivity index (χ1n) is 10.0. The number of halogens is 1. The van der Waals surface area contributed by atoms with Crippen LogP contribution in [-0.4, -0.2) is 24.3 Å². The standard InChI is InChI=1S/C23H21ClN4O4S/c1-13-6-7-16(11-21(13)33(31,32)28-18-5-3-4-17(24)12-18)22(29)25-14(2)15-8-9-19-20(10-15)27-23(30)26-19/h3-12,14,28H,1-2H3,(H,25,29)(H2,26,27,30). The van der Waals surface area contributed by atoms with Crippen LogP contribution in [0.5, 0.6) is 0 Å². The van der Waals surface area contributed by atoms with E-state index in [1.165, 1.54) is 12.1 Å². The van der Waals surface area contributed by atoms with Crippen molar-refractivity contribution >= 4 is 44.3 Å². The lowest BCUT2D eigenvalue weighted by molar-refractivity contribution is 0.0939. The van der Waals surface area contributed by atoms with Gasteiger partial charge in [-0.2, -0.15) is 0 Å². The summed E-state index contributed by atoms with van der Waals surface area (Å²) in [5.41, 5.74) is 2.80. The van der Waals surface area contributed by atoms with Gasteiger partial charge in [0.1, 0.15) is 0 Å². The fourth-order valence-electron chi connectivity index (χ4n) is 3.48. The molecule has 1 heterocycles. The second-order valence-electron chi connectivity index (χ2n) is 7.68. The van der Waals surface area contributed by atoms with Crippen LogP contribution in [0.25, 0.3) is 11.0 Å². The van der Waals surface area contributed by atoms with E-state index in [-0.39, 0.29) is 22.2 Å². The fraction of sp³-hybridized carbons (Fsp3) is 0.130. The number of aromatic nitrogens is 2. The Hall–Kier alpha value is -3.56. The first kappa shape index (κ1) is 22.6. The first-order valence-corrected chi connectivity index (χ1v) is 11.9. The predicted octanol–water partition coefficient (Wildman–Crippen LogP) is 4.11. The Labute approximate surface area is 195 Å². The maximum absolute atomic E-state index is 13.0. The van der Waals surface area contributed by atoms with Gasteiger partial charge in [0.05, 0.1) is 27.7 Å². The van der Waals surface area contributed by atoms with E-state index in [4.69, 9.17) is 11.6 Å². The minimum Gasteiger partial charge on any atom is -0.346 e. The largest absolute Gasteiger partial charge is 0.346 e. The topological polar surface area (TPSA) is 124 Å². The molecule has 4 aromatic rings. The van der Waals surface area contributed by atoms with Gasteiger partial charge in [-0.3, -0.25) is 9.52 Å². The second-order valence-corrected chi connectivity index (χ2v) is 9.76. The molecule has 0 saturated carbocycles. The smallest absolute Gasteiger partial charge is 0.323 e. The third kappa shape index (κ3) is 4.94. The van der Waals surface area contributed by atoms with Gasteiger partial charge in [0.25, 0.3) is 15.9 Å². The molecule has 0 spiro atoms. The molecule has 1 unspecified atom stereocenters. The number of carbonyl (C=O) groups excluding carboxylic acids is 1. The van der Waals surface area contributed by atoms with Crippen LogP contribution in [-0.2, 0) is 10.0 Å². The number of imidazole rings is 1. The number of aryl methyl sites for hydroxylation is 1. The van der Waals surface area contributed by atoms with Gasteiger partial charge in [0.2, 0.25) is 0 Å². The highest BCUT2D eigenvalue weighted by Crippen LogP contribution is 2.23. The second kappa shape index (κ2) is 8.76. The lowest BCUT2D eigenvalue weighted by Gasteiger charge is -2.16. The Bertz CT molecular complexity index is 1530. The van der Waals surface area contributed by atoms with Crippen molar-refractivity contribution in [3.63, 3.8) is 0 Å². The van der Waals surface area contributed by atoms with Gasteiger partial charge >= 0.3 is 5.69 Å². The SMILES string of the molecule is Cc1ccc(C(=O)NC(C)c2ccc3[nH]c(=O)[nH]c3c2)cc1S(=O)(=O)Nc1cccc(Cl)c1. The number of rotatable bonds is 6. The van der Waals surface area contributed by atoms with E-state index < -0.39 is 15.9 Å². The number of benzene rings is 3. The summed E-state index contributed by atoms with van der Waals surface area (Å²) < 4.78 is 28.4. The van der Waals surface area contributed by atoms with E-state index in [0.717, 1.165) is 5.56 Å². The van der Waals surface area contributed by atoms with E-state index in [0.29, 0.717) is 27.3 Å². The molecule has 1 amide bonds. The molecule has 0 aliphatic carbocycles. The van der Waals surface area contributed by atoms with E-state index in [9.17, 15) is 18.0 Å². The molecule has 33 heavy (non-hydrogen) atoms. The monoisotopic (exact) mass is 484 g/mol. The van der Waals surface area contributed by atoms with Gasteiger partial charge < -0.3 is 15.3 Å². The summed E-state index contributed by atoms with van der Waals surface area (Å²) in [5, 5.41) is 3.26. The van der Waals surface area contributed by atoms with Crippen LogP contribution in [0, 0.1) is 6.92 Å². The molecule has 0 radical (unpaired) electrons. The van der Waals surface area contributed by atoms with Crippen LogP contribution in [0.3, 0.4) is 0 Å². The van der Waals surface area contributed by atoms with Crippen LogP contribution in [0.1, 0.15) is 34.5 Å². The molecule has 0 fully saturated rings. The average molecular weight is 485 g/mol. The summed E-state index contributed by atoms with van der Waals surface area (Å²) in [7, 11) is -3.95. The van der Waals surface area contributed by atoms with Gasteiger partial charge in [-0.25, -0.2) is 13.2 Å². The van der Waals surface area contributed by atoms with Gasteiger partial charge in [0, 0.05) is 10.6 Å². The molecule has 8 nitrogen and oxygen atoms in total. The quantitative estimate of drug-likeness (QED) is 0.328. The number of hydrogen-bond acceptors (Lipinski definition) is 4. The van der Waals surface area contributed by atoms with Crippen LogP contribution >= 0.6 is 11.6 Å². The lowest BCUT2D eigenvalue weighted by Crippen LogP contribution is -2.27. The van der Waals surface area contributed by atoms with E-state index in [1.807, 2.05) is 0 Å². The van der Waals surface area contributed by atoms with Crippen LogP contribution < -0.4 is 15.7 Å². The van der Waals surface area contributed by atoms with Crippen LogP contribution in [0.2, 0.25) is 5.02 Å². The molecular formula is C23H21ClN4O4S.